The van der Waals surface area contributed by atoms with Gasteiger partial charge in [0.2, 0.25) is 0 Å². The van der Waals surface area contributed by atoms with E-state index < -0.39 is 5.97 Å². The molecule has 132 valence electrons. The van der Waals surface area contributed by atoms with E-state index in [2.05, 4.69) is 21.7 Å². The maximum Gasteiger partial charge on any atom is 0.328 e. The molecule has 0 fully saturated rings. The summed E-state index contributed by atoms with van der Waals surface area (Å²) in [6, 6.07) is 15.8. The Kier molecular flexibility index (Phi) is 5.83. The number of aliphatic imine (C=N–C) groups is 1. The number of hydrogen-bond acceptors (Lipinski definition) is 4. The summed E-state index contributed by atoms with van der Waals surface area (Å²) in [7, 11) is 0. The number of guanidine groups is 1. The molecule has 0 bridgehead atoms. The average Bonchev–Trinajstić information content (AvgIpc) is 2.67. The van der Waals surface area contributed by atoms with Crippen LogP contribution in [0.5, 0.6) is 0 Å². The minimum Gasteiger partial charge on any atom is -0.478 e. The third-order valence-corrected chi connectivity index (χ3v) is 3.87. The second-order valence-corrected chi connectivity index (χ2v) is 5.93. The summed E-state index contributed by atoms with van der Waals surface area (Å²) in [6.07, 6.45) is 7.85. The molecule has 0 saturated carbocycles. The average molecular weight is 347 g/mol. The normalized spacial score (nSPS) is 14.2. The molecule has 0 amide bonds. The van der Waals surface area contributed by atoms with Crippen LogP contribution in [0.1, 0.15) is 23.1 Å². The van der Waals surface area contributed by atoms with Crippen LogP contribution in [0.2, 0.25) is 0 Å². The Labute approximate surface area is 152 Å². The predicted molar refractivity (Wildman–Crippen MR) is 107 cm³/mol. The lowest BCUT2D eigenvalue weighted by Gasteiger charge is -2.16. The third-order valence-electron chi connectivity index (χ3n) is 3.87. The molecule has 0 radical (unpaired) electrons. The first-order chi connectivity index (χ1) is 12.7. The number of rotatable bonds is 5. The Bertz CT molecular complexity index is 852. The lowest BCUT2D eigenvalue weighted by atomic mass is 10.1. The lowest BCUT2D eigenvalue weighted by Crippen LogP contribution is -2.35. The SMILES string of the molecule is O=C(O)C=Cc1ccc(C=Cc2cccc(NC3=NCCCN3)c2)cc1. The van der Waals surface area contributed by atoms with Crippen molar-refractivity contribution < 1.29 is 9.90 Å². The summed E-state index contributed by atoms with van der Waals surface area (Å²) in [5.41, 5.74) is 3.99. The topological polar surface area (TPSA) is 73.7 Å². The fraction of sp³-hybridized carbons (Fsp3) is 0.143. The molecule has 0 aromatic heterocycles. The van der Waals surface area contributed by atoms with Crippen LogP contribution < -0.4 is 10.6 Å². The first-order valence-electron chi connectivity index (χ1n) is 8.54. The summed E-state index contributed by atoms with van der Waals surface area (Å²) in [5.74, 6) is -0.126. The molecule has 26 heavy (non-hydrogen) atoms. The Morgan fingerprint density at radius 3 is 2.46 bits per heavy atom. The summed E-state index contributed by atoms with van der Waals surface area (Å²) in [4.78, 5) is 15.0. The molecule has 2 aromatic carbocycles. The standard InChI is InChI=1S/C21H21N3O2/c25-20(26)12-11-17-7-5-16(6-8-17)9-10-18-3-1-4-19(15-18)24-21-22-13-2-14-23-21/h1,3-12,15H,2,13-14H2,(H,25,26)(H2,22,23,24). The summed E-state index contributed by atoms with van der Waals surface area (Å²) < 4.78 is 0. The van der Waals surface area contributed by atoms with Gasteiger partial charge in [0.05, 0.1) is 0 Å². The number of nitrogens with zero attached hydrogens (tertiary/aromatic N) is 1. The van der Waals surface area contributed by atoms with Crippen molar-refractivity contribution in [2.45, 2.75) is 6.42 Å². The fourth-order valence-corrected chi connectivity index (χ4v) is 2.55. The van der Waals surface area contributed by atoms with Crippen molar-refractivity contribution in [1.29, 1.82) is 0 Å². The molecule has 0 aliphatic carbocycles. The van der Waals surface area contributed by atoms with Crippen LogP contribution in [0, 0.1) is 0 Å². The van der Waals surface area contributed by atoms with E-state index >= 15 is 0 Å². The van der Waals surface area contributed by atoms with E-state index in [1.54, 1.807) is 6.08 Å². The molecule has 5 heteroatoms. The van der Waals surface area contributed by atoms with Gasteiger partial charge in [0.25, 0.3) is 0 Å². The molecule has 0 spiro atoms. The van der Waals surface area contributed by atoms with E-state index in [1.165, 1.54) is 0 Å². The number of benzene rings is 2. The van der Waals surface area contributed by atoms with E-state index in [9.17, 15) is 4.79 Å². The van der Waals surface area contributed by atoms with Gasteiger partial charge in [0.1, 0.15) is 0 Å². The highest BCUT2D eigenvalue weighted by Crippen LogP contribution is 2.15. The Balaban J connectivity index is 1.65. The van der Waals surface area contributed by atoms with Gasteiger partial charge < -0.3 is 15.7 Å². The van der Waals surface area contributed by atoms with Crippen molar-refractivity contribution in [3.8, 4) is 0 Å². The van der Waals surface area contributed by atoms with E-state index in [0.717, 1.165) is 53.9 Å². The number of carboxylic acid groups (broad SMARTS) is 1. The number of anilines is 1. The first-order valence-corrected chi connectivity index (χ1v) is 8.54. The summed E-state index contributed by atoms with van der Waals surface area (Å²) in [6.45, 7) is 1.80. The van der Waals surface area contributed by atoms with E-state index in [1.807, 2.05) is 54.6 Å². The maximum absolute atomic E-state index is 10.5. The van der Waals surface area contributed by atoms with Crippen LogP contribution >= 0.6 is 0 Å². The predicted octanol–water partition coefficient (Wildman–Crippen LogP) is 3.72. The van der Waals surface area contributed by atoms with Crippen LogP contribution in [-0.4, -0.2) is 30.1 Å². The minimum atomic E-state index is -0.947. The van der Waals surface area contributed by atoms with Gasteiger partial charge in [-0.15, -0.1) is 0 Å². The number of aliphatic carboxylic acids is 1. The second kappa shape index (κ2) is 8.67. The number of carboxylic acids is 1. The van der Waals surface area contributed by atoms with Gasteiger partial charge in [0, 0.05) is 24.9 Å². The Hall–Kier alpha value is -3.34. The fourth-order valence-electron chi connectivity index (χ4n) is 2.55. The van der Waals surface area contributed by atoms with Gasteiger partial charge in [-0.25, -0.2) is 4.79 Å². The highest BCUT2D eigenvalue weighted by atomic mass is 16.4. The molecular formula is C21H21N3O2. The van der Waals surface area contributed by atoms with Crippen LogP contribution in [0.4, 0.5) is 5.69 Å². The molecule has 0 atom stereocenters. The second-order valence-electron chi connectivity index (χ2n) is 5.93. The van der Waals surface area contributed by atoms with Gasteiger partial charge in [-0.2, -0.15) is 0 Å². The molecule has 5 nitrogen and oxygen atoms in total. The number of carbonyl (C=O) groups is 1. The summed E-state index contributed by atoms with van der Waals surface area (Å²) in [5, 5.41) is 15.2. The van der Waals surface area contributed by atoms with Crippen molar-refractivity contribution in [1.82, 2.24) is 5.32 Å². The first kappa shape index (κ1) is 17.5. The Morgan fingerprint density at radius 2 is 1.77 bits per heavy atom. The zero-order chi connectivity index (χ0) is 18.2. The maximum atomic E-state index is 10.5. The van der Waals surface area contributed by atoms with Gasteiger partial charge in [0.15, 0.2) is 5.96 Å². The summed E-state index contributed by atoms with van der Waals surface area (Å²) >= 11 is 0. The number of hydrogen-bond donors (Lipinski definition) is 3. The number of nitrogens with one attached hydrogen (secondary N) is 2. The van der Waals surface area contributed by atoms with Crippen LogP contribution in [0.15, 0.2) is 59.6 Å². The quantitative estimate of drug-likeness (QED) is 0.569. The van der Waals surface area contributed by atoms with Crippen molar-refractivity contribution in [3.63, 3.8) is 0 Å². The lowest BCUT2D eigenvalue weighted by molar-refractivity contribution is -0.131. The molecule has 3 N–H and O–H groups in total. The van der Waals surface area contributed by atoms with Crippen molar-refractivity contribution in [3.05, 3.63) is 71.3 Å². The highest BCUT2D eigenvalue weighted by molar-refractivity contribution is 5.94. The third kappa shape index (κ3) is 5.34. The zero-order valence-corrected chi connectivity index (χ0v) is 14.4. The molecule has 1 heterocycles. The molecular weight excluding hydrogens is 326 g/mol. The van der Waals surface area contributed by atoms with Crippen molar-refractivity contribution in [2.75, 3.05) is 18.4 Å². The molecule has 0 unspecified atom stereocenters. The molecule has 3 rings (SSSR count). The minimum absolute atomic E-state index is 0.822. The van der Waals surface area contributed by atoms with Gasteiger partial charge in [-0.05, 0) is 41.3 Å². The van der Waals surface area contributed by atoms with Gasteiger partial charge in [-0.3, -0.25) is 4.99 Å². The van der Waals surface area contributed by atoms with Crippen LogP contribution in [0.25, 0.3) is 18.2 Å². The van der Waals surface area contributed by atoms with E-state index in [-0.39, 0.29) is 0 Å². The Morgan fingerprint density at radius 1 is 1.04 bits per heavy atom. The van der Waals surface area contributed by atoms with Crippen molar-refractivity contribution in [2.24, 2.45) is 4.99 Å². The van der Waals surface area contributed by atoms with Crippen molar-refractivity contribution >= 4 is 35.8 Å². The highest BCUT2D eigenvalue weighted by Gasteiger charge is 2.03. The van der Waals surface area contributed by atoms with Crippen LogP contribution in [-0.2, 0) is 4.79 Å². The zero-order valence-electron chi connectivity index (χ0n) is 14.4. The monoisotopic (exact) mass is 347 g/mol. The molecule has 1 aliphatic rings. The smallest absolute Gasteiger partial charge is 0.328 e. The molecule has 2 aromatic rings. The largest absolute Gasteiger partial charge is 0.478 e. The molecule has 1 aliphatic heterocycles. The van der Waals surface area contributed by atoms with Gasteiger partial charge in [-0.1, -0.05) is 48.6 Å². The molecule has 0 saturated heterocycles. The van der Waals surface area contributed by atoms with Gasteiger partial charge >= 0.3 is 5.97 Å². The van der Waals surface area contributed by atoms with Crippen LogP contribution in [0.3, 0.4) is 0 Å². The van der Waals surface area contributed by atoms with E-state index in [4.69, 9.17) is 5.11 Å². The van der Waals surface area contributed by atoms with E-state index in [0.29, 0.717) is 0 Å².